The summed E-state index contributed by atoms with van der Waals surface area (Å²) in [7, 11) is 0. The molecule has 0 aliphatic carbocycles. The van der Waals surface area contributed by atoms with Gasteiger partial charge in [-0.3, -0.25) is 0 Å². The number of aliphatic hydroxyl groups excluding tert-OH is 1. The highest BCUT2D eigenvalue weighted by atomic mass is 32.1. The van der Waals surface area contributed by atoms with Crippen molar-refractivity contribution in [3.63, 3.8) is 0 Å². The van der Waals surface area contributed by atoms with Crippen LogP contribution >= 0.6 is 11.3 Å². The SMILES string of the molecule is CC(O)COc1ccc2sc(-c3ccccc3)nc2c1. The lowest BCUT2D eigenvalue weighted by atomic mass is 10.2. The fourth-order valence-corrected chi connectivity index (χ4v) is 2.87. The zero-order chi connectivity index (χ0) is 13.9. The molecule has 0 spiro atoms. The minimum atomic E-state index is -0.471. The molecule has 0 saturated carbocycles. The van der Waals surface area contributed by atoms with Crippen LogP contribution in [-0.2, 0) is 0 Å². The van der Waals surface area contributed by atoms with Gasteiger partial charge in [0, 0.05) is 11.6 Å². The third kappa shape index (κ3) is 2.81. The van der Waals surface area contributed by atoms with Crippen molar-refractivity contribution in [3.8, 4) is 16.3 Å². The van der Waals surface area contributed by atoms with Crippen LogP contribution in [0.3, 0.4) is 0 Å². The Morgan fingerprint density at radius 2 is 2.00 bits per heavy atom. The van der Waals surface area contributed by atoms with Gasteiger partial charge in [-0.25, -0.2) is 4.98 Å². The highest BCUT2D eigenvalue weighted by molar-refractivity contribution is 7.21. The van der Waals surface area contributed by atoms with E-state index in [-0.39, 0.29) is 0 Å². The van der Waals surface area contributed by atoms with Crippen molar-refractivity contribution in [2.75, 3.05) is 6.61 Å². The average Bonchev–Trinajstić information content (AvgIpc) is 2.89. The van der Waals surface area contributed by atoms with Crippen molar-refractivity contribution in [2.24, 2.45) is 0 Å². The molecule has 1 atom stereocenters. The first-order chi connectivity index (χ1) is 9.72. The minimum absolute atomic E-state index is 0.293. The molecule has 0 amide bonds. The Hall–Kier alpha value is -1.91. The maximum Gasteiger partial charge on any atom is 0.124 e. The van der Waals surface area contributed by atoms with E-state index in [0.717, 1.165) is 26.5 Å². The fraction of sp³-hybridized carbons (Fsp3) is 0.188. The van der Waals surface area contributed by atoms with Crippen molar-refractivity contribution in [3.05, 3.63) is 48.5 Å². The molecule has 0 radical (unpaired) electrons. The third-order valence-electron chi connectivity index (χ3n) is 2.87. The molecule has 1 heterocycles. The monoisotopic (exact) mass is 285 g/mol. The maximum absolute atomic E-state index is 9.24. The zero-order valence-corrected chi connectivity index (χ0v) is 11.9. The predicted molar refractivity (Wildman–Crippen MR) is 82.2 cm³/mol. The summed E-state index contributed by atoms with van der Waals surface area (Å²) in [6.45, 7) is 2.00. The van der Waals surface area contributed by atoms with Gasteiger partial charge in [-0.2, -0.15) is 0 Å². The van der Waals surface area contributed by atoms with E-state index in [2.05, 4.69) is 17.1 Å². The van der Waals surface area contributed by atoms with E-state index in [4.69, 9.17) is 4.74 Å². The van der Waals surface area contributed by atoms with Gasteiger partial charge < -0.3 is 9.84 Å². The standard InChI is InChI=1S/C16H15NO2S/c1-11(18)10-19-13-7-8-15-14(9-13)17-16(20-15)12-5-3-2-4-6-12/h2-9,11,18H,10H2,1H3. The fourth-order valence-electron chi connectivity index (χ4n) is 1.92. The molecule has 1 unspecified atom stereocenters. The van der Waals surface area contributed by atoms with Crippen LogP contribution in [0.2, 0.25) is 0 Å². The Kier molecular flexibility index (Phi) is 3.67. The third-order valence-corrected chi connectivity index (χ3v) is 3.96. The number of rotatable bonds is 4. The molecule has 102 valence electrons. The lowest BCUT2D eigenvalue weighted by Crippen LogP contribution is -2.12. The van der Waals surface area contributed by atoms with Crippen molar-refractivity contribution < 1.29 is 9.84 Å². The summed E-state index contributed by atoms with van der Waals surface area (Å²) >= 11 is 1.67. The molecular weight excluding hydrogens is 270 g/mol. The molecule has 4 heteroatoms. The van der Waals surface area contributed by atoms with Gasteiger partial charge in [0.1, 0.15) is 17.4 Å². The van der Waals surface area contributed by atoms with Crippen LogP contribution in [0.5, 0.6) is 5.75 Å². The molecule has 0 saturated heterocycles. The summed E-state index contributed by atoms with van der Waals surface area (Å²) in [6, 6.07) is 16.0. The molecule has 0 bridgehead atoms. The molecule has 3 nitrogen and oxygen atoms in total. The number of nitrogens with zero attached hydrogens (tertiary/aromatic N) is 1. The van der Waals surface area contributed by atoms with Crippen LogP contribution in [0.25, 0.3) is 20.8 Å². The van der Waals surface area contributed by atoms with Crippen LogP contribution in [0.15, 0.2) is 48.5 Å². The normalized spacial score (nSPS) is 12.5. The Morgan fingerprint density at radius 1 is 1.20 bits per heavy atom. The highest BCUT2D eigenvalue weighted by Crippen LogP contribution is 2.31. The Labute approximate surface area is 121 Å². The van der Waals surface area contributed by atoms with E-state index in [9.17, 15) is 5.11 Å². The van der Waals surface area contributed by atoms with Crippen LogP contribution in [0.4, 0.5) is 0 Å². The number of fused-ring (bicyclic) bond motifs is 1. The number of benzene rings is 2. The van der Waals surface area contributed by atoms with Crippen LogP contribution in [0, 0.1) is 0 Å². The Balaban J connectivity index is 1.91. The number of hydrogen-bond acceptors (Lipinski definition) is 4. The van der Waals surface area contributed by atoms with Gasteiger partial charge in [-0.05, 0) is 19.1 Å². The zero-order valence-electron chi connectivity index (χ0n) is 11.1. The van der Waals surface area contributed by atoms with E-state index in [1.807, 2.05) is 36.4 Å². The van der Waals surface area contributed by atoms with Gasteiger partial charge in [0.25, 0.3) is 0 Å². The first-order valence-corrected chi connectivity index (χ1v) is 7.31. The summed E-state index contributed by atoms with van der Waals surface area (Å²) in [6.07, 6.45) is -0.471. The number of thiazole rings is 1. The van der Waals surface area contributed by atoms with Gasteiger partial charge in [0.15, 0.2) is 0 Å². The highest BCUT2D eigenvalue weighted by Gasteiger charge is 2.07. The maximum atomic E-state index is 9.24. The van der Waals surface area contributed by atoms with E-state index < -0.39 is 6.10 Å². The van der Waals surface area contributed by atoms with E-state index >= 15 is 0 Å². The second-order valence-corrected chi connectivity index (χ2v) is 5.71. The van der Waals surface area contributed by atoms with Crippen molar-refractivity contribution >= 4 is 21.6 Å². The van der Waals surface area contributed by atoms with Gasteiger partial charge >= 0.3 is 0 Å². The summed E-state index contributed by atoms with van der Waals surface area (Å²) in [4.78, 5) is 4.65. The van der Waals surface area contributed by atoms with Crippen molar-refractivity contribution in [1.82, 2.24) is 4.98 Å². The molecule has 0 aliphatic rings. The number of aromatic nitrogens is 1. The van der Waals surface area contributed by atoms with Crippen LogP contribution in [-0.4, -0.2) is 22.8 Å². The molecule has 3 rings (SSSR count). The largest absolute Gasteiger partial charge is 0.491 e. The predicted octanol–water partition coefficient (Wildman–Crippen LogP) is 3.72. The summed E-state index contributed by atoms with van der Waals surface area (Å²) in [5.74, 6) is 0.739. The molecule has 2 aromatic carbocycles. The minimum Gasteiger partial charge on any atom is -0.491 e. The number of aliphatic hydroxyl groups is 1. The lowest BCUT2D eigenvalue weighted by molar-refractivity contribution is 0.123. The van der Waals surface area contributed by atoms with E-state index in [0.29, 0.717) is 6.61 Å². The smallest absolute Gasteiger partial charge is 0.124 e. The van der Waals surface area contributed by atoms with Crippen LogP contribution < -0.4 is 4.74 Å². The van der Waals surface area contributed by atoms with E-state index in [1.165, 1.54) is 0 Å². The van der Waals surface area contributed by atoms with Gasteiger partial charge in [-0.1, -0.05) is 30.3 Å². The van der Waals surface area contributed by atoms with Gasteiger partial charge in [0.05, 0.1) is 16.3 Å². The first-order valence-electron chi connectivity index (χ1n) is 6.49. The van der Waals surface area contributed by atoms with Gasteiger partial charge in [-0.15, -0.1) is 11.3 Å². The molecule has 20 heavy (non-hydrogen) atoms. The van der Waals surface area contributed by atoms with Crippen LogP contribution in [0.1, 0.15) is 6.92 Å². The molecule has 1 aromatic heterocycles. The van der Waals surface area contributed by atoms with Crippen molar-refractivity contribution in [1.29, 1.82) is 0 Å². The number of ether oxygens (including phenoxy) is 1. The quantitative estimate of drug-likeness (QED) is 0.794. The molecule has 1 N–H and O–H groups in total. The first kappa shape index (κ1) is 13.1. The lowest BCUT2D eigenvalue weighted by Gasteiger charge is -2.07. The summed E-state index contributed by atoms with van der Waals surface area (Å²) in [5, 5.41) is 10.2. The molecular formula is C16H15NO2S. The average molecular weight is 285 g/mol. The molecule has 3 aromatic rings. The molecule has 0 fully saturated rings. The second-order valence-electron chi connectivity index (χ2n) is 4.67. The number of hydrogen-bond donors (Lipinski definition) is 1. The summed E-state index contributed by atoms with van der Waals surface area (Å²) in [5.41, 5.74) is 2.05. The Bertz CT molecular complexity index is 707. The topological polar surface area (TPSA) is 42.4 Å². The van der Waals surface area contributed by atoms with Crippen molar-refractivity contribution in [2.45, 2.75) is 13.0 Å². The van der Waals surface area contributed by atoms with Gasteiger partial charge in [0.2, 0.25) is 0 Å². The molecule has 0 aliphatic heterocycles. The summed E-state index contributed by atoms with van der Waals surface area (Å²) < 4.78 is 6.64. The Morgan fingerprint density at radius 3 is 2.75 bits per heavy atom. The second kappa shape index (κ2) is 5.61. The van der Waals surface area contributed by atoms with E-state index in [1.54, 1.807) is 18.3 Å².